The minimum absolute atomic E-state index is 0.182. The first-order valence-corrected chi connectivity index (χ1v) is 7.87. The van der Waals surface area contributed by atoms with Crippen molar-refractivity contribution in [2.45, 2.75) is 19.8 Å². The van der Waals surface area contributed by atoms with Gasteiger partial charge in [0.25, 0.3) is 0 Å². The van der Waals surface area contributed by atoms with Gasteiger partial charge in [0.05, 0.1) is 11.5 Å². The molecule has 1 aliphatic heterocycles. The summed E-state index contributed by atoms with van der Waals surface area (Å²) >= 11 is 0. The van der Waals surface area contributed by atoms with Crippen LogP contribution in [0.2, 0.25) is 0 Å². The zero-order chi connectivity index (χ0) is 12.8. The SMILES string of the molecule is Cc1cccc2nnc(CC3CCS(=O)(=O)C3)n12. The summed E-state index contributed by atoms with van der Waals surface area (Å²) in [4.78, 5) is 0. The van der Waals surface area contributed by atoms with Crippen molar-refractivity contribution in [2.75, 3.05) is 11.5 Å². The smallest absolute Gasteiger partial charge is 0.160 e. The van der Waals surface area contributed by atoms with E-state index in [2.05, 4.69) is 10.2 Å². The molecule has 2 aromatic rings. The molecule has 3 rings (SSSR count). The molecule has 18 heavy (non-hydrogen) atoms. The van der Waals surface area contributed by atoms with Gasteiger partial charge in [-0.3, -0.25) is 4.40 Å². The number of fused-ring (bicyclic) bond motifs is 1. The van der Waals surface area contributed by atoms with E-state index in [-0.39, 0.29) is 11.7 Å². The van der Waals surface area contributed by atoms with E-state index in [4.69, 9.17) is 0 Å². The number of pyridine rings is 1. The van der Waals surface area contributed by atoms with Crippen LogP contribution in [0.25, 0.3) is 5.65 Å². The summed E-state index contributed by atoms with van der Waals surface area (Å²) in [6.07, 6.45) is 1.42. The highest BCUT2D eigenvalue weighted by Crippen LogP contribution is 2.22. The maximum atomic E-state index is 11.5. The average molecular weight is 265 g/mol. The van der Waals surface area contributed by atoms with Gasteiger partial charge in [-0.25, -0.2) is 8.42 Å². The van der Waals surface area contributed by atoms with Gasteiger partial charge >= 0.3 is 0 Å². The van der Waals surface area contributed by atoms with Crippen LogP contribution in [0.15, 0.2) is 18.2 Å². The summed E-state index contributed by atoms with van der Waals surface area (Å²) < 4.78 is 24.9. The Hall–Kier alpha value is -1.43. The van der Waals surface area contributed by atoms with E-state index in [1.807, 2.05) is 29.5 Å². The van der Waals surface area contributed by atoms with Crippen molar-refractivity contribution in [2.24, 2.45) is 5.92 Å². The maximum absolute atomic E-state index is 11.5. The van der Waals surface area contributed by atoms with Crippen LogP contribution in [0.5, 0.6) is 0 Å². The Bertz CT molecular complexity index is 690. The summed E-state index contributed by atoms with van der Waals surface area (Å²) in [5.74, 6) is 1.65. The molecule has 1 saturated heterocycles. The molecule has 3 heterocycles. The molecular weight excluding hydrogens is 250 g/mol. The van der Waals surface area contributed by atoms with Crippen molar-refractivity contribution in [3.63, 3.8) is 0 Å². The third kappa shape index (κ3) is 2.01. The van der Waals surface area contributed by atoms with Crippen molar-refractivity contribution in [3.05, 3.63) is 29.7 Å². The number of nitrogens with zero attached hydrogens (tertiary/aromatic N) is 3. The van der Waals surface area contributed by atoms with Crippen LogP contribution in [0.3, 0.4) is 0 Å². The van der Waals surface area contributed by atoms with E-state index in [1.54, 1.807) is 0 Å². The van der Waals surface area contributed by atoms with E-state index in [0.717, 1.165) is 23.6 Å². The minimum atomic E-state index is -2.82. The first kappa shape index (κ1) is 11.6. The van der Waals surface area contributed by atoms with Crippen LogP contribution in [0.4, 0.5) is 0 Å². The highest BCUT2D eigenvalue weighted by atomic mass is 32.2. The predicted molar refractivity (Wildman–Crippen MR) is 68.2 cm³/mol. The van der Waals surface area contributed by atoms with Crippen LogP contribution in [0.1, 0.15) is 17.9 Å². The molecule has 0 aromatic carbocycles. The second-order valence-corrected chi connectivity index (χ2v) is 7.18. The number of aryl methyl sites for hydroxylation is 1. The molecule has 0 saturated carbocycles. The summed E-state index contributed by atoms with van der Waals surface area (Å²) in [5.41, 5.74) is 1.90. The van der Waals surface area contributed by atoms with Gasteiger partial charge in [0.2, 0.25) is 0 Å². The van der Waals surface area contributed by atoms with Crippen molar-refractivity contribution in [1.29, 1.82) is 0 Å². The molecule has 0 aliphatic carbocycles. The van der Waals surface area contributed by atoms with Gasteiger partial charge in [-0.1, -0.05) is 6.07 Å². The van der Waals surface area contributed by atoms with E-state index in [9.17, 15) is 8.42 Å². The lowest BCUT2D eigenvalue weighted by molar-refractivity contribution is 0.565. The molecule has 1 atom stereocenters. The molecule has 0 radical (unpaired) electrons. The number of sulfone groups is 1. The van der Waals surface area contributed by atoms with Gasteiger partial charge < -0.3 is 0 Å². The van der Waals surface area contributed by atoms with Gasteiger partial charge in [-0.2, -0.15) is 0 Å². The lowest BCUT2D eigenvalue weighted by Gasteiger charge is -2.07. The van der Waals surface area contributed by atoms with Crippen LogP contribution in [-0.4, -0.2) is 34.5 Å². The van der Waals surface area contributed by atoms with Gasteiger partial charge in [0, 0.05) is 12.1 Å². The third-order valence-corrected chi connectivity index (χ3v) is 5.33. The molecule has 0 bridgehead atoms. The molecule has 0 N–H and O–H groups in total. The van der Waals surface area contributed by atoms with Gasteiger partial charge in [0.15, 0.2) is 15.5 Å². The monoisotopic (exact) mass is 265 g/mol. The van der Waals surface area contributed by atoms with Crippen molar-refractivity contribution in [1.82, 2.24) is 14.6 Å². The molecule has 0 amide bonds. The highest BCUT2D eigenvalue weighted by molar-refractivity contribution is 7.91. The van der Waals surface area contributed by atoms with E-state index in [0.29, 0.717) is 12.2 Å². The Kier molecular flexibility index (Phi) is 2.62. The Morgan fingerprint density at radius 3 is 2.94 bits per heavy atom. The average Bonchev–Trinajstić information content (AvgIpc) is 2.85. The second-order valence-electron chi connectivity index (χ2n) is 4.95. The highest BCUT2D eigenvalue weighted by Gasteiger charge is 2.29. The van der Waals surface area contributed by atoms with Crippen LogP contribution < -0.4 is 0 Å². The lowest BCUT2D eigenvalue weighted by atomic mass is 10.1. The molecule has 1 unspecified atom stereocenters. The first-order chi connectivity index (χ1) is 8.55. The summed E-state index contributed by atoms with van der Waals surface area (Å²) in [5, 5.41) is 8.31. The van der Waals surface area contributed by atoms with Crippen LogP contribution in [-0.2, 0) is 16.3 Å². The molecule has 1 fully saturated rings. The minimum Gasteiger partial charge on any atom is -0.284 e. The summed E-state index contributed by atoms with van der Waals surface area (Å²) in [7, 11) is -2.82. The van der Waals surface area contributed by atoms with Crippen molar-refractivity contribution >= 4 is 15.5 Å². The van der Waals surface area contributed by atoms with Crippen LogP contribution >= 0.6 is 0 Å². The molecule has 96 valence electrons. The topological polar surface area (TPSA) is 64.3 Å². The number of rotatable bonds is 2. The van der Waals surface area contributed by atoms with Crippen molar-refractivity contribution < 1.29 is 8.42 Å². The zero-order valence-electron chi connectivity index (χ0n) is 10.2. The van der Waals surface area contributed by atoms with Gasteiger partial charge in [-0.15, -0.1) is 10.2 Å². The quantitative estimate of drug-likeness (QED) is 0.813. The second kappa shape index (κ2) is 4.05. The zero-order valence-corrected chi connectivity index (χ0v) is 11.0. The molecule has 5 nitrogen and oxygen atoms in total. The first-order valence-electron chi connectivity index (χ1n) is 6.05. The number of aromatic nitrogens is 3. The third-order valence-electron chi connectivity index (χ3n) is 3.49. The maximum Gasteiger partial charge on any atom is 0.160 e. The van der Waals surface area contributed by atoms with Gasteiger partial charge in [0.1, 0.15) is 5.82 Å². The molecule has 6 heteroatoms. The predicted octanol–water partition coefficient (Wildman–Crippen LogP) is 1.01. The van der Waals surface area contributed by atoms with Crippen molar-refractivity contribution in [3.8, 4) is 0 Å². The fourth-order valence-electron chi connectivity index (χ4n) is 2.59. The van der Waals surface area contributed by atoms with Gasteiger partial charge in [-0.05, 0) is 31.4 Å². The largest absolute Gasteiger partial charge is 0.284 e. The lowest BCUT2D eigenvalue weighted by Crippen LogP contribution is -2.10. The fourth-order valence-corrected chi connectivity index (χ4v) is 4.46. The number of hydrogen-bond acceptors (Lipinski definition) is 4. The number of hydrogen-bond donors (Lipinski definition) is 0. The molecule has 0 spiro atoms. The molecule has 1 aliphatic rings. The molecular formula is C12H15N3O2S. The summed E-state index contributed by atoms with van der Waals surface area (Å²) in [6, 6.07) is 5.86. The Labute approximate surface area is 106 Å². The standard InChI is InChI=1S/C12H15N3O2S/c1-9-3-2-4-11-13-14-12(15(9)11)7-10-5-6-18(16,17)8-10/h2-4,10H,5-8H2,1H3. The Balaban J connectivity index is 1.92. The van der Waals surface area contributed by atoms with E-state index < -0.39 is 9.84 Å². The Morgan fingerprint density at radius 1 is 1.39 bits per heavy atom. The fraction of sp³-hybridized carbons (Fsp3) is 0.500. The molecule has 2 aromatic heterocycles. The van der Waals surface area contributed by atoms with Crippen LogP contribution in [0, 0.1) is 12.8 Å². The Morgan fingerprint density at radius 2 is 2.22 bits per heavy atom. The van der Waals surface area contributed by atoms with E-state index >= 15 is 0 Å². The summed E-state index contributed by atoms with van der Waals surface area (Å²) in [6.45, 7) is 2.01. The van der Waals surface area contributed by atoms with E-state index in [1.165, 1.54) is 0 Å². The normalized spacial score (nSPS) is 22.6.